The molecule has 1 unspecified atom stereocenters. The van der Waals surface area contributed by atoms with E-state index in [1.165, 1.54) is 5.56 Å². The normalized spacial score (nSPS) is 17.4. The minimum Gasteiger partial charge on any atom is -0.427 e. The highest BCUT2D eigenvalue weighted by atomic mass is 16.4. The smallest absolute Gasteiger partial charge is 0.427 e. The van der Waals surface area contributed by atoms with Gasteiger partial charge in [-0.1, -0.05) is 38.1 Å². The molecule has 1 heterocycles. The second-order valence-corrected chi connectivity index (χ2v) is 7.14. The van der Waals surface area contributed by atoms with Crippen LogP contribution in [0.5, 0.6) is 0 Å². The summed E-state index contributed by atoms with van der Waals surface area (Å²) >= 11 is 0. The summed E-state index contributed by atoms with van der Waals surface area (Å²) in [6.07, 6.45) is 2.37. The predicted octanol–water partition coefficient (Wildman–Crippen LogP) is 2.45. The highest BCUT2D eigenvalue weighted by molar-refractivity contribution is 6.43. The SMILES string of the molecule is CC(C)Cc1ccc(C(C)C(=O)N2CCC(B(O)O)CC2)cc1. The van der Waals surface area contributed by atoms with Crippen molar-refractivity contribution in [3.63, 3.8) is 0 Å². The Morgan fingerprint density at radius 3 is 2.22 bits per heavy atom. The summed E-state index contributed by atoms with van der Waals surface area (Å²) in [5.41, 5.74) is 2.35. The van der Waals surface area contributed by atoms with E-state index in [9.17, 15) is 14.8 Å². The molecular weight excluding hydrogens is 289 g/mol. The van der Waals surface area contributed by atoms with E-state index in [4.69, 9.17) is 0 Å². The van der Waals surface area contributed by atoms with E-state index >= 15 is 0 Å². The van der Waals surface area contributed by atoms with Gasteiger partial charge < -0.3 is 14.9 Å². The number of nitrogens with zero attached hydrogens (tertiary/aromatic N) is 1. The van der Waals surface area contributed by atoms with Crippen molar-refractivity contribution < 1.29 is 14.8 Å². The zero-order valence-electron chi connectivity index (χ0n) is 14.4. The van der Waals surface area contributed by atoms with Gasteiger partial charge in [0.25, 0.3) is 0 Å². The summed E-state index contributed by atoms with van der Waals surface area (Å²) in [7, 11) is -1.27. The van der Waals surface area contributed by atoms with Crippen LogP contribution in [0.1, 0.15) is 50.7 Å². The summed E-state index contributed by atoms with van der Waals surface area (Å²) in [4.78, 5) is 14.5. The van der Waals surface area contributed by atoms with Crippen molar-refractivity contribution in [2.75, 3.05) is 13.1 Å². The van der Waals surface area contributed by atoms with Gasteiger partial charge in [0.1, 0.15) is 0 Å². The molecule has 5 heteroatoms. The molecule has 1 aromatic rings. The molecule has 1 aliphatic heterocycles. The minimum atomic E-state index is -1.27. The van der Waals surface area contributed by atoms with Crippen LogP contribution in [-0.2, 0) is 11.2 Å². The highest BCUT2D eigenvalue weighted by Gasteiger charge is 2.31. The van der Waals surface area contributed by atoms with Gasteiger partial charge in [0.15, 0.2) is 0 Å². The van der Waals surface area contributed by atoms with Crippen LogP contribution in [-0.4, -0.2) is 41.1 Å². The van der Waals surface area contributed by atoms with E-state index in [1.54, 1.807) is 0 Å². The van der Waals surface area contributed by atoms with E-state index in [2.05, 4.69) is 38.1 Å². The number of benzene rings is 1. The minimum absolute atomic E-state index is 0.107. The summed E-state index contributed by atoms with van der Waals surface area (Å²) < 4.78 is 0. The third-order valence-electron chi connectivity index (χ3n) is 4.77. The van der Waals surface area contributed by atoms with Crippen LogP contribution in [0.25, 0.3) is 0 Å². The second-order valence-electron chi connectivity index (χ2n) is 7.14. The number of piperidine rings is 1. The first-order chi connectivity index (χ1) is 10.9. The third-order valence-corrected chi connectivity index (χ3v) is 4.77. The van der Waals surface area contributed by atoms with E-state index < -0.39 is 7.12 Å². The summed E-state index contributed by atoms with van der Waals surface area (Å²) in [6, 6.07) is 8.36. The van der Waals surface area contributed by atoms with Crippen LogP contribution >= 0.6 is 0 Å². The highest BCUT2D eigenvalue weighted by Crippen LogP contribution is 2.27. The molecule has 0 spiro atoms. The zero-order chi connectivity index (χ0) is 17.0. The summed E-state index contributed by atoms with van der Waals surface area (Å²) in [5.74, 6) is 0.499. The molecule has 1 fully saturated rings. The van der Waals surface area contributed by atoms with Crippen molar-refractivity contribution in [3.8, 4) is 0 Å². The Balaban J connectivity index is 1.94. The topological polar surface area (TPSA) is 60.8 Å². The van der Waals surface area contributed by atoms with E-state index in [-0.39, 0.29) is 17.6 Å². The Labute approximate surface area is 139 Å². The van der Waals surface area contributed by atoms with Crippen LogP contribution in [0.2, 0.25) is 5.82 Å². The second kappa shape index (κ2) is 7.98. The third kappa shape index (κ3) is 4.82. The van der Waals surface area contributed by atoms with Crippen LogP contribution in [0, 0.1) is 5.92 Å². The van der Waals surface area contributed by atoms with Gasteiger partial charge in [-0.05, 0) is 49.0 Å². The summed E-state index contributed by atoms with van der Waals surface area (Å²) in [5, 5.41) is 18.5. The zero-order valence-corrected chi connectivity index (χ0v) is 14.4. The fourth-order valence-electron chi connectivity index (χ4n) is 3.25. The molecule has 2 rings (SSSR count). The number of carbonyl (C=O) groups is 1. The van der Waals surface area contributed by atoms with Crippen LogP contribution < -0.4 is 0 Å². The number of amides is 1. The van der Waals surface area contributed by atoms with Crippen LogP contribution in [0.3, 0.4) is 0 Å². The molecule has 1 aromatic carbocycles. The number of rotatable bonds is 5. The van der Waals surface area contributed by atoms with Gasteiger partial charge in [-0.15, -0.1) is 0 Å². The molecule has 0 saturated carbocycles. The van der Waals surface area contributed by atoms with Gasteiger partial charge in [0.05, 0.1) is 5.92 Å². The lowest BCUT2D eigenvalue weighted by Crippen LogP contribution is -2.42. The Morgan fingerprint density at radius 2 is 1.74 bits per heavy atom. The number of likely N-dealkylation sites (tertiary alicyclic amines) is 1. The van der Waals surface area contributed by atoms with Crippen molar-refractivity contribution >= 4 is 13.0 Å². The van der Waals surface area contributed by atoms with Gasteiger partial charge in [-0.3, -0.25) is 4.79 Å². The molecule has 1 saturated heterocycles. The maximum atomic E-state index is 12.6. The van der Waals surface area contributed by atoms with Crippen molar-refractivity contribution in [2.45, 2.75) is 51.8 Å². The molecular formula is C18H28BNO3. The van der Waals surface area contributed by atoms with Crippen molar-refractivity contribution in [2.24, 2.45) is 5.92 Å². The lowest BCUT2D eigenvalue weighted by atomic mass is 9.67. The lowest BCUT2D eigenvalue weighted by molar-refractivity contribution is -0.133. The molecule has 23 heavy (non-hydrogen) atoms. The fourth-order valence-corrected chi connectivity index (χ4v) is 3.25. The van der Waals surface area contributed by atoms with Gasteiger partial charge in [-0.2, -0.15) is 0 Å². The monoisotopic (exact) mass is 317 g/mol. The maximum Gasteiger partial charge on any atom is 0.454 e. The fraction of sp³-hybridized carbons (Fsp3) is 0.611. The average molecular weight is 317 g/mol. The molecule has 0 radical (unpaired) electrons. The average Bonchev–Trinajstić information content (AvgIpc) is 2.53. The largest absolute Gasteiger partial charge is 0.454 e. The first-order valence-corrected chi connectivity index (χ1v) is 8.62. The van der Waals surface area contributed by atoms with Crippen molar-refractivity contribution in [1.82, 2.24) is 4.90 Å². The number of hydrogen-bond donors (Lipinski definition) is 2. The quantitative estimate of drug-likeness (QED) is 0.820. The molecule has 2 N–H and O–H groups in total. The summed E-state index contributed by atoms with van der Waals surface area (Å²) in [6.45, 7) is 7.57. The molecule has 0 aromatic heterocycles. The molecule has 0 aliphatic carbocycles. The Hall–Kier alpha value is -1.33. The molecule has 1 atom stereocenters. The van der Waals surface area contributed by atoms with E-state index in [0.29, 0.717) is 31.8 Å². The Kier molecular flexibility index (Phi) is 6.25. The Morgan fingerprint density at radius 1 is 1.17 bits per heavy atom. The van der Waals surface area contributed by atoms with Crippen molar-refractivity contribution in [1.29, 1.82) is 0 Å². The number of hydrogen-bond acceptors (Lipinski definition) is 3. The van der Waals surface area contributed by atoms with Gasteiger partial charge in [0, 0.05) is 13.1 Å². The van der Waals surface area contributed by atoms with Gasteiger partial charge >= 0.3 is 7.12 Å². The molecule has 0 bridgehead atoms. The molecule has 1 amide bonds. The predicted molar refractivity (Wildman–Crippen MR) is 93.2 cm³/mol. The van der Waals surface area contributed by atoms with Gasteiger partial charge in [0.2, 0.25) is 5.91 Å². The standard InChI is InChI=1S/C18H28BNO3/c1-13(2)12-15-4-6-16(7-5-15)14(3)18(21)20-10-8-17(9-11-20)19(22)23/h4-7,13-14,17,22-23H,8-12H2,1-3H3. The van der Waals surface area contributed by atoms with Crippen LogP contribution in [0.4, 0.5) is 0 Å². The van der Waals surface area contributed by atoms with E-state index in [1.807, 2.05) is 11.8 Å². The molecule has 1 aliphatic rings. The number of carbonyl (C=O) groups excluding carboxylic acids is 1. The lowest BCUT2D eigenvalue weighted by Gasteiger charge is -2.33. The molecule has 126 valence electrons. The first kappa shape index (κ1) is 18.0. The van der Waals surface area contributed by atoms with Crippen LogP contribution in [0.15, 0.2) is 24.3 Å². The molecule has 4 nitrogen and oxygen atoms in total. The van der Waals surface area contributed by atoms with E-state index in [0.717, 1.165) is 12.0 Å². The Bertz CT molecular complexity index is 508. The maximum absolute atomic E-state index is 12.6. The van der Waals surface area contributed by atoms with Gasteiger partial charge in [-0.25, -0.2) is 0 Å². The van der Waals surface area contributed by atoms with Crippen molar-refractivity contribution in [3.05, 3.63) is 35.4 Å². The first-order valence-electron chi connectivity index (χ1n) is 8.62.